The summed E-state index contributed by atoms with van der Waals surface area (Å²) >= 11 is 0. The van der Waals surface area contributed by atoms with E-state index in [1.165, 1.54) is 0 Å². The fourth-order valence-electron chi connectivity index (χ4n) is 1.75. The van der Waals surface area contributed by atoms with Crippen molar-refractivity contribution in [2.45, 2.75) is 39.7 Å². The average Bonchev–Trinajstić information content (AvgIpc) is 2.52. The van der Waals surface area contributed by atoms with Crippen LogP contribution in [-0.4, -0.2) is 31.1 Å². The van der Waals surface area contributed by atoms with E-state index in [9.17, 15) is 9.59 Å². The van der Waals surface area contributed by atoms with Gasteiger partial charge in [-0.05, 0) is 31.9 Å². The topological polar surface area (TPSA) is 76.7 Å². The van der Waals surface area contributed by atoms with Gasteiger partial charge in [0.15, 0.2) is 6.10 Å². The second kappa shape index (κ2) is 9.78. The number of hydrogen-bond donors (Lipinski definition) is 2. The number of aryl methyl sites for hydroxylation is 1. The summed E-state index contributed by atoms with van der Waals surface area (Å²) in [5.41, 5.74) is 5.69. The molecular formula is C16H24N2O4. The van der Waals surface area contributed by atoms with Crippen LogP contribution < -0.4 is 15.6 Å². The van der Waals surface area contributed by atoms with Crippen molar-refractivity contribution in [3.63, 3.8) is 0 Å². The van der Waals surface area contributed by atoms with Crippen molar-refractivity contribution in [1.82, 2.24) is 10.9 Å². The van der Waals surface area contributed by atoms with Crippen LogP contribution in [0.4, 0.5) is 0 Å². The summed E-state index contributed by atoms with van der Waals surface area (Å²) in [5.74, 6) is -0.0183. The van der Waals surface area contributed by atoms with E-state index >= 15 is 0 Å². The van der Waals surface area contributed by atoms with Gasteiger partial charge in [-0.1, -0.05) is 25.1 Å². The number of carbonyl (C=O) groups excluding carboxylic acids is 2. The summed E-state index contributed by atoms with van der Waals surface area (Å²) in [6, 6.07) is 7.48. The van der Waals surface area contributed by atoms with E-state index in [2.05, 4.69) is 10.9 Å². The van der Waals surface area contributed by atoms with Crippen LogP contribution in [0.3, 0.4) is 0 Å². The molecule has 0 aliphatic rings. The van der Waals surface area contributed by atoms with Crippen LogP contribution in [0.1, 0.15) is 32.3 Å². The molecule has 1 aromatic rings. The van der Waals surface area contributed by atoms with Gasteiger partial charge in [0, 0.05) is 6.61 Å². The van der Waals surface area contributed by atoms with Gasteiger partial charge in [-0.2, -0.15) is 0 Å². The van der Waals surface area contributed by atoms with E-state index < -0.39 is 6.10 Å². The lowest BCUT2D eigenvalue weighted by Gasteiger charge is -2.18. The van der Waals surface area contributed by atoms with Gasteiger partial charge >= 0.3 is 0 Å². The third kappa shape index (κ3) is 6.13. The second-order valence-corrected chi connectivity index (χ2v) is 4.76. The number of carbonyl (C=O) groups is 2. The predicted octanol–water partition coefficient (Wildman–Crippen LogP) is 1.73. The molecule has 1 atom stereocenters. The number of para-hydroxylation sites is 1. The van der Waals surface area contributed by atoms with Gasteiger partial charge < -0.3 is 9.47 Å². The van der Waals surface area contributed by atoms with Crippen molar-refractivity contribution in [2.24, 2.45) is 0 Å². The van der Waals surface area contributed by atoms with Crippen molar-refractivity contribution in [3.8, 4) is 5.75 Å². The van der Waals surface area contributed by atoms with Gasteiger partial charge in [-0.15, -0.1) is 0 Å². The Morgan fingerprint density at radius 3 is 2.55 bits per heavy atom. The molecule has 0 fully saturated rings. The van der Waals surface area contributed by atoms with Crippen LogP contribution in [-0.2, 0) is 14.3 Å². The fraction of sp³-hybridized carbons (Fsp3) is 0.500. The maximum atomic E-state index is 12.0. The molecule has 6 heteroatoms. The van der Waals surface area contributed by atoms with Crippen LogP contribution in [0.25, 0.3) is 0 Å². The molecule has 2 N–H and O–H groups in total. The summed E-state index contributed by atoms with van der Waals surface area (Å²) in [7, 11) is 0. The highest BCUT2D eigenvalue weighted by molar-refractivity contribution is 5.84. The molecule has 1 rings (SSSR count). The maximum absolute atomic E-state index is 12.0. The molecule has 0 spiro atoms. The third-order valence-corrected chi connectivity index (χ3v) is 3.03. The van der Waals surface area contributed by atoms with Crippen LogP contribution in [0.5, 0.6) is 5.75 Å². The number of amides is 2. The predicted molar refractivity (Wildman–Crippen MR) is 83.3 cm³/mol. The van der Waals surface area contributed by atoms with E-state index in [0.717, 1.165) is 5.56 Å². The number of ether oxygens (including phenoxy) is 2. The van der Waals surface area contributed by atoms with Gasteiger partial charge in [-0.25, -0.2) is 0 Å². The van der Waals surface area contributed by atoms with Gasteiger partial charge in [0.2, 0.25) is 5.91 Å². The smallest absolute Gasteiger partial charge is 0.279 e. The first-order chi connectivity index (χ1) is 10.6. The number of rotatable bonds is 8. The Hall–Kier alpha value is -2.08. The Morgan fingerprint density at radius 2 is 1.91 bits per heavy atom. The van der Waals surface area contributed by atoms with Gasteiger partial charge in [0.05, 0.1) is 13.0 Å². The van der Waals surface area contributed by atoms with Gasteiger partial charge in [0.25, 0.3) is 5.91 Å². The minimum absolute atomic E-state index is 0.198. The van der Waals surface area contributed by atoms with Crippen LogP contribution >= 0.6 is 0 Å². The van der Waals surface area contributed by atoms with Crippen molar-refractivity contribution < 1.29 is 19.1 Å². The SMILES string of the molecule is CCOCCC(=O)NNC(=O)C(CC)Oc1ccccc1C. The summed E-state index contributed by atoms with van der Waals surface area (Å²) in [6.45, 7) is 6.50. The molecule has 6 nitrogen and oxygen atoms in total. The summed E-state index contributed by atoms with van der Waals surface area (Å²) in [5, 5.41) is 0. The van der Waals surface area contributed by atoms with Crippen LogP contribution in [0.15, 0.2) is 24.3 Å². The molecule has 1 aromatic carbocycles. The van der Waals surface area contributed by atoms with E-state index in [1.54, 1.807) is 0 Å². The normalized spacial score (nSPS) is 11.6. The lowest BCUT2D eigenvalue weighted by molar-refractivity contribution is -0.133. The van der Waals surface area contributed by atoms with Crippen LogP contribution in [0, 0.1) is 6.92 Å². The van der Waals surface area contributed by atoms with E-state index in [4.69, 9.17) is 9.47 Å². The highest BCUT2D eigenvalue weighted by atomic mass is 16.5. The maximum Gasteiger partial charge on any atom is 0.279 e. The molecule has 0 aromatic heterocycles. The first-order valence-electron chi connectivity index (χ1n) is 7.47. The molecule has 122 valence electrons. The summed E-state index contributed by atoms with van der Waals surface area (Å²) in [6.07, 6.45) is 0.0340. The molecule has 0 aliphatic heterocycles. The lowest BCUT2D eigenvalue weighted by Crippen LogP contribution is -2.48. The largest absolute Gasteiger partial charge is 0.480 e. The molecule has 0 bridgehead atoms. The quantitative estimate of drug-likeness (QED) is 0.566. The van der Waals surface area contributed by atoms with Crippen molar-refractivity contribution in [2.75, 3.05) is 13.2 Å². The molecule has 0 saturated carbocycles. The first-order valence-corrected chi connectivity index (χ1v) is 7.47. The number of benzene rings is 1. The Morgan fingerprint density at radius 1 is 1.18 bits per heavy atom. The highest BCUT2D eigenvalue weighted by Gasteiger charge is 2.19. The highest BCUT2D eigenvalue weighted by Crippen LogP contribution is 2.18. The molecule has 2 amide bonds. The molecule has 0 radical (unpaired) electrons. The minimum atomic E-state index is -0.659. The van der Waals surface area contributed by atoms with Gasteiger partial charge in [-0.3, -0.25) is 20.4 Å². The second-order valence-electron chi connectivity index (χ2n) is 4.76. The number of hydrazine groups is 1. The Balaban J connectivity index is 2.44. The Bertz CT molecular complexity index is 491. The molecule has 0 aliphatic carbocycles. The van der Waals surface area contributed by atoms with Crippen molar-refractivity contribution in [3.05, 3.63) is 29.8 Å². The zero-order valence-electron chi connectivity index (χ0n) is 13.3. The Kier molecular flexibility index (Phi) is 7.99. The van der Waals surface area contributed by atoms with E-state index in [0.29, 0.717) is 25.4 Å². The van der Waals surface area contributed by atoms with Gasteiger partial charge in [0.1, 0.15) is 5.75 Å². The molecule has 0 heterocycles. The zero-order valence-corrected chi connectivity index (χ0v) is 13.3. The molecular weight excluding hydrogens is 284 g/mol. The number of nitrogens with one attached hydrogen (secondary N) is 2. The monoisotopic (exact) mass is 308 g/mol. The van der Waals surface area contributed by atoms with Crippen LogP contribution in [0.2, 0.25) is 0 Å². The standard InChI is InChI=1S/C16H24N2O4/c1-4-13(22-14-9-7-6-8-12(14)3)16(20)18-17-15(19)10-11-21-5-2/h6-9,13H,4-5,10-11H2,1-3H3,(H,17,19)(H,18,20). The Labute approximate surface area is 131 Å². The lowest BCUT2D eigenvalue weighted by atomic mass is 10.2. The average molecular weight is 308 g/mol. The fourth-order valence-corrected chi connectivity index (χ4v) is 1.75. The minimum Gasteiger partial charge on any atom is -0.480 e. The summed E-state index contributed by atoms with van der Waals surface area (Å²) < 4.78 is 10.8. The van der Waals surface area contributed by atoms with E-state index in [-0.39, 0.29) is 18.2 Å². The molecule has 22 heavy (non-hydrogen) atoms. The number of hydrogen-bond acceptors (Lipinski definition) is 4. The summed E-state index contributed by atoms with van der Waals surface area (Å²) in [4.78, 5) is 23.5. The first kappa shape index (κ1) is 18.0. The van der Waals surface area contributed by atoms with Crippen molar-refractivity contribution in [1.29, 1.82) is 0 Å². The van der Waals surface area contributed by atoms with E-state index in [1.807, 2.05) is 45.0 Å². The van der Waals surface area contributed by atoms with Crippen molar-refractivity contribution >= 4 is 11.8 Å². The third-order valence-electron chi connectivity index (χ3n) is 3.03. The zero-order chi connectivity index (χ0) is 16.4. The molecule has 0 saturated heterocycles. The molecule has 1 unspecified atom stereocenters.